The Balaban J connectivity index is 1.84. The lowest BCUT2D eigenvalue weighted by Crippen LogP contribution is -2.23. The number of hydrogen-bond acceptors (Lipinski definition) is 2. The summed E-state index contributed by atoms with van der Waals surface area (Å²) < 4.78 is 0. The van der Waals surface area contributed by atoms with Crippen LogP contribution in [0.2, 0.25) is 0 Å². The summed E-state index contributed by atoms with van der Waals surface area (Å²) >= 11 is 0. The quantitative estimate of drug-likeness (QED) is 0.662. The maximum atomic E-state index is 5.86. The van der Waals surface area contributed by atoms with Gasteiger partial charge in [0.25, 0.3) is 0 Å². The second-order valence-electron chi connectivity index (χ2n) is 4.82. The number of pyridine rings is 1. The van der Waals surface area contributed by atoms with Crippen molar-refractivity contribution in [1.29, 1.82) is 0 Å². The predicted molar refractivity (Wildman–Crippen MR) is 84.0 cm³/mol. The highest BCUT2D eigenvalue weighted by Gasteiger charge is 1.96. The molecule has 2 rings (SSSR count). The summed E-state index contributed by atoms with van der Waals surface area (Å²) in [6.45, 7) is 4.68. The third kappa shape index (κ3) is 4.39. The Kier molecular flexibility index (Phi) is 4.71. The van der Waals surface area contributed by atoms with Gasteiger partial charge in [-0.2, -0.15) is 0 Å². The number of nitrogens with two attached hydrogens (primary N) is 1. The van der Waals surface area contributed by atoms with E-state index >= 15 is 0 Å². The van der Waals surface area contributed by atoms with E-state index in [1.807, 2.05) is 43.5 Å². The summed E-state index contributed by atoms with van der Waals surface area (Å²) in [6.07, 6.45) is 2.72. The average Bonchev–Trinajstić information content (AvgIpc) is 2.44. The normalized spacial score (nSPS) is 11.4. The van der Waals surface area contributed by atoms with Gasteiger partial charge in [-0.1, -0.05) is 23.8 Å². The molecule has 0 aliphatic carbocycles. The molecule has 2 aromatic rings. The smallest absolute Gasteiger partial charge is 0.193 e. The third-order valence-electron chi connectivity index (χ3n) is 2.98. The number of nitrogens with one attached hydrogen (secondary N) is 1. The minimum Gasteiger partial charge on any atom is -0.370 e. The largest absolute Gasteiger partial charge is 0.370 e. The van der Waals surface area contributed by atoms with Gasteiger partial charge in [-0.3, -0.25) is 9.98 Å². The molecule has 0 unspecified atom stereocenters. The molecular weight excluding hydrogens is 248 g/mol. The summed E-state index contributed by atoms with van der Waals surface area (Å²) in [5, 5.41) is 3.08. The van der Waals surface area contributed by atoms with Gasteiger partial charge < -0.3 is 11.1 Å². The molecule has 104 valence electrons. The fourth-order valence-electron chi connectivity index (χ4n) is 1.78. The molecule has 1 heterocycles. The Morgan fingerprint density at radius 2 is 1.90 bits per heavy atom. The van der Waals surface area contributed by atoms with Crippen LogP contribution in [0, 0.1) is 13.8 Å². The molecule has 3 N–H and O–H groups in total. The zero-order valence-electron chi connectivity index (χ0n) is 11.9. The van der Waals surface area contributed by atoms with E-state index in [9.17, 15) is 0 Å². The molecule has 4 heteroatoms. The lowest BCUT2D eigenvalue weighted by atomic mass is 10.2. The van der Waals surface area contributed by atoms with Crippen LogP contribution in [0.15, 0.2) is 47.6 Å². The van der Waals surface area contributed by atoms with Gasteiger partial charge in [0.15, 0.2) is 5.96 Å². The van der Waals surface area contributed by atoms with E-state index in [0.717, 1.165) is 17.8 Å². The van der Waals surface area contributed by atoms with Crippen molar-refractivity contribution < 1.29 is 0 Å². The number of benzene rings is 1. The first-order chi connectivity index (χ1) is 9.63. The molecule has 20 heavy (non-hydrogen) atoms. The second kappa shape index (κ2) is 6.70. The first-order valence-corrected chi connectivity index (χ1v) is 6.68. The van der Waals surface area contributed by atoms with Crippen LogP contribution in [0.5, 0.6) is 0 Å². The van der Waals surface area contributed by atoms with Crippen LogP contribution in [0.25, 0.3) is 0 Å². The van der Waals surface area contributed by atoms with Crippen molar-refractivity contribution in [3.63, 3.8) is 0 Å². The van der Waals surface area contributed by atoms with Crippen molar-refractivity contribution in [2.24, 2.45) is 10.7 Å². The van der Waals surface area contributed by atoms with Crippen molar-refractivity contribution in [2.75, 3.05) is 11.9 Å². The standard InChI is InChI=1S/C16H20N4/c1-12-3-7-15(8-4-12)20-16(17)18-10-9-14-6-5-13(2)19-11-14/h3-8,11H,9-10H2,1-2H3,(H3,17,18,20). The van der Waals surface area contributed by atoms with Gasteiger partial charge in [-0.25, -0.2) is 0 Å². The summed E-state index contributed by atoms with van der Waals surface area (Å²) in [5.74, 6) is 0.439. The fourth-order valence-corrected chi connectivity index (χ4v) is 1.78. The number of rotatable bonds is 4. The molecule has 0 radical (unpaired) electrons. The number of guanidine groups is 1. The lowest BCUT2D eigenvalue weighted by Gasteiger charge is -2.06. The van der Waals surface area contributed by atoms with E-state index in [2.05, 4.69) is 28.3 Å². The number of aromatic nitrogens is 1. The first-order valence-electron chi connectivity index (χ1n) is 6.68. The Hall–Kier alpha value is -2.36. The number of anilines is 1. The molecule has 0 amide bonds. The van der Waals surface area contributed by atoms with Crippen LogP contribution < -0.4 is 11.1 Å². The van der Waals surface area contributed by atoms with Crippen LogP contribution >= 0.6 is 0 Å². The maximum absolute atomic E-state index is 5.86. The zero-order chi connectivity index (χ0) is 14.4. The predicted octanol–water partition coefficient (Wildman–Crippen LogP) is 2.67. The Morgan fingerprint density at radius 3 is 2.55 bits per heavy atom. The minimum absolute atomic E-state index is 0.439. The van der Waals surface area contributed by atoms with E-state index in [1.54, 1.807) is 0 Å². The SMILES string of the molecule is Cc1ccc(NC(N)=NCCc2ccc(C)nc2)cc1. The van der Waals surface area contributed by atoms with Crippen LogP contribution in [0.3, 0.4) is 0 Å². The van der Waals surface area contributed by atoms with Crippen molar-refractivity contribution in [3.8, 4) is 0 Å². The molecule has 0 saturated heterocycles. The van der Waals surface area contributed by atoms with Crippen molar-refractivity contribution in [1.82, 2.24) is 4.98 Å². The summed E-state index contributed by atoms with van der Waals surface area (Å²) in [7, 11) is 0. The first kappa shape index (κ1) is 14.1. The molecule has 1 aromatic carbocycles. The monoisotopic (exact) mass is 268 g/mol. The maximum Gasteiger partial charge on any atom is 0.193 e. The van der Waals surface area contributed by atoms with Gasteiger partial charge in [0.05, 0.1) is 0 Å². The molecule has 0 aliphatic heterocycles. The minimum atomic E-state index is 0.439. The zero-order valence-corrected chi connectivity index (χ0v) is 11.9. The highest BCUT2D eigenvalue weighted by atomic mass is 15.1. The molecule has 0 atom stereocenters. The lowest BCUT2D eigenvalue weighted by molar-refractivity contribution is 0.950. The van der Waals surface area contributed by atoms with E-state index in [0.29, 0.717) is 12.5 Å². The molecule has 4 nitrogen and oxygen atoms in total. The van der Waals surface area contributed by atoms with Crippen LogP contribution in [-0.4, -0.2) is 17.5 Å². The molecule has 0 bridgehead atoms. The number of hydrogen-bond donors (Lipinski definition) is 2. The van der Waals surface area contributed by atoms with Gasteiger partial charge in [-0.05, 0) is 44.0 Å². The molecule has 0 aliphatic rings. The molecule has 1 aromatic heterocycles. The Bertz CT molecular complexity index is 570. The second-order valence-corrected chi connectivity index (χ2v) is 4.82. The van der Waals surface area contributed by atoms with Crippen molar-refractivity contribution >= 4 is 11.6 Å². The Morgan fingerprint density at radius 1 is 1.15 bits per heavy atom. The Labute approximate surface area is 119 Å². The van der Waals surface area contributed by atoms with Crippen LogP contribution in [-0.2, 0) is 6.42 Å². The third-order valence-corrected chi connectivity index (χ3v) is 2.98. The van der Waals surface area contributed by atoms with Crippen LogP contribution in [0.4, 0.5) is 5.69 Å². The number of aliphatic imine (C=N–C) groups is 1. The van der Waals surface area contributed by atoms with E-state index in [-0.39, 0.29) is 0 Å². The van der Waals surface area contributed by atoms with E-state index < -0.39 is 0 Å². The van der Waals surface area contributed by atoms with Gasteiger partial charge in [-0.15, -0.1) is 0 Å². The highest BCUT2D eigenvalue weighted by Crippen LogP contribution is 2.08. The van der Waals surface area contributed by atoms with Crippen LogP contribution in [0.1, 0.15) is 16.8 Å². The molecule has 0 fully saturated rings. The topological polar surface area (TPSA) is 63.3 Å². The van der Waals surface area contributed by atoms with Crippen molar-refractivity contribution in [2.45, 2.75) is 20.3 Å². The molecule has 0 spiro atoms. The highest BCUT2D eigenvalue weighted by molar-refractivity contribution is 5.92. The van der Waals surface area contributed by atoms with Gasteiger partial charge in [0, 0.05) is 24.1 Å². The summed E-state index contributed by atoms with van der Waals surface area (Å²) in [5.41, 5.74) is 10.2. The fraction of sp³-hybridized carbons (Fsp3) is 0.250. The molecule has 0 saturated carbocycles. The average molecular weight is 268 g/mol. The van der Waals surface area contributed by atoms with E-state index in [4.69, 9.17) is 5.73 Å². The number of nitrogens with zero attached hydrogens (tertiary/aromatic N) is 2. The summed E-state index contributed by atoms with van der Waals surface area (Å²) in [6, 6.07) is 12.1. The van der Waals surface area contributed by atoms with Gasteiger partial charge in [0.1, 0.15) is 0 Å². The van der Waals surface area contributed by atoms with Gasteiger partial charge >= 0.3 is 0 Å². The summed E-state index contributed by atoms with van der Waals surface area (Å²) in [4.78, 5) is 8.57. The number of aryl methyl sites for hydroxylation is 2. The van der Waals surface area contributed by atoms with E-state index in [1.165, 1.54) is 11.1 Å². The van der Waals surface area contributed by atoms with Crippen molar-refractivity contribution in [3.05, 3.63) is 59.4 Å². The van der Waals surface area contributed by atoms with Gasteiger partial charge in [0.2, 0.25) is 0 Å². The molecular formula is C16H20N4.